The number of likely N-dealkylation sites (tertiary alicyclic amines) is 2. The Labute approximate surface area is 363 Å². The standard InChI is InChI=1S/C50H56N8O4/c1-4-56(5-2)45(39-16-10-7-11-17-39)48(60)58-29-13-19-43(58)47-53-33-41(55-47)38-26-22-36(23-27-38)35-20-24-37(25-21-35)40-32-52-46(54-40)42-18-12-28-57(42)44(59)31-50(3,62-49(51)61)30-34-14-8-6-9-15-34/h6-11,14-17,20-27,32-33,42-43,45H,4-5,12-13,18-19,28-31H2,1-3H3,(H2,51,61)(H,52,54)(H,53,55)/t42-,43-,45+,50-/m0/s1. The van der Waals surface area contributed by atoms with E-state index >= 15 is 0 Å². The van der Waals surface area contributed by atoms with Gasteiger partial charge in [-0.1, -0.05) is 123 Å². The number of carbonyl (C=O) groups excluding carboxylic acids is 3. The first kappa shape index (κ1) is 42.2. The zero-order valence-corrected chi connectivity index (χ0v) is 35.8. The maximum Gasteiger partial charge on any atom is 0.405 e. The summed E-state index contributed by atoms with van der Waals surface area (Å²) < 4.78 is 5.55. The van der Waals surface area contributed by atoms with Gasteiger partial charge in [0.15, 0.2) is 0 Å². The largest absolute Gasteiger partial charge is 0.442 e. The van der Waals surface area contributed by atoms with E-state index in [9.17, 15) is 14.4 Å². The van der Waals surface area contributed by atoms with E-state index in [0.717, 1.165) is 95.2 Å². The summed E-state index contributed by atoms with van der Waals surface area (Å²) in [5.41, 5.74) is 12.3. The second kappa shape index (κ2) is 18.6. The molecule has 0 radical (unpaired) electrons. The summed E-state index contributed by atoms with van der Waals surface area (Å²) in [5.74, 6) is 1.58. The molecule has 2 aliphatic rings. The molecule has 8 rings (SSSR count). The van der Waals surface area contributed by atoms with Gasteiger partial charge in [-0.15, -0.1) is 0 Å². The Balaban J connectivity index is 0.913. The number of hydrogen-bond donors (Lipinski definition) is 3. The Morgan fingerprint density at radius 1 is 0.726 bits per heavy atom. The second-order valence-electron chi connectivity index (χ2n) is 16.7. The number of carbonyl (C=O) groups is 3. The van der Waals surface area contributed by atoms with E-state index < -0.39 is 11.7 Å². The lowest BCUT2D eigenvalue weighted by Crippen LogP contribution is -2.43. The van der Waals surface area contributed by atoms with E-state index in [1.54, 1.807) is 6.92 Å². The molecule has 2 aromatic heterocycles. The van der Waals surface area contributed by atoms with Crippen LogP contribution in [-0.4, -0.2) is 84.3 Å². The average Bonchev–Trinajstić information content (AvgIpc) is 4.13. The molecule has 4 N–H and O–H groups in total. The quantitative estimate of drug-likeness (QED) is 0.0934. The molecule has 0 saturated carbocycles. The molecule has 62 heavy (non-hydrogen) atoms. The molecule has 0 unspecified atom stereocenters. The third-order valence-corrected chi connectivity index (χ3v) is 12.5. The van der Waals surface area contributed by atoms with Crippen LogP contribution < -0.4 is 5.73 Å². The van der Waals surface area contributed by atoms with Crippen LogP contribution >= 0.6 is 0 Å². The molecule has 0 spiro atoms. The number of imidazole rings is 2. The topological polar surface area (TPSA) is 154 Å². The normalized spacial score (nSPS) is 17.9. The molecule has 6 aromatic rings. The Morgan fingerprint density at radius 3 is 1.73 bits per heavy atom. The molecule has 4 heterocycles. The van der Waals surface area contributed by atoms with Crippen LogP contribution in [0.3, 0.4) is 0 Å². The first-order valence-corrected chi connectivity index (χ1v) is 21.9. The van der Waals surface area contributed by atoms with Crippen molar-refractivity contribution < 1.29 is 19.1 Å². The fourth-order valence-corrected chi connectivity index (χ4v) is 9.37. The van der Waals surface area contributed by atoms with Crippen molar-refractivity contribution in [1.82, 2.24) is 34.6 Å². The molecular formula is C50H56N8O4. The van der Waals surface area contributed by atoms with Crippen molar-refractivity contribution in [1.29, 1.82) is 0 Å². The van der Waals surface area contributed by atoms with Gasteiger partial charge in [-0.2, -0.15) is 0 Å². The number of amides is 3. The highest BCUT2D eigenvalue weighted by atomic mass is 16.6. The number of nitrogens with two attached hydrogens (primary N) is 1. The summed E-state index contributed by atoms with van der Waals surface area (Å²) in [7, 11) is 0. The molecule has 4 atom stereocenters. The van der Waals surface area contributed by atoms with Gasteiger partial charge in [0, 0.05) is 19.5 Å². The third-order valence-electron chi connectivity index (χ3n) is 12.5. The maximum atomic E-state index is 14.2. The zero-order valence-electron chi connectivity index (χ0n) is 35.8. The summed E-state index contributed by atoms with van der Waals surface area (Å²) in [6, 6.07) is 35.9. The van der Waals surface area contributed by atoms with Crippen LogP contribution in [0.15, 0.2) is 122 Å². The average molecular weight is 833 g/mol. The Kier molecular flexibility index (Phi) is 12.7. The molecule has 2 saturated heterocycles. The summed E-state index contributed by atoms with van der Waals surface area (Å²) in [6.45, 7) is 8.87. The summed E-state index contributed by atoms with van der Waals surface area (Å²) in [5, 5.41) is 0. The maximum absolute atomic E-state index is 14.2. The van der Waals surface area contributed by atoms with Gasteiger partial charge in [-0.3, -0.25) is 14.5 Å². The number of hydrogen-bond acceptors (Lipinski definition) is 7. The summed E-state index contributed by atoms with van der Waals surface area (Å²) in [6.07, 6.45) is 6.61. The van der Waals surface area contributed by atoms with Crippen LogP contribution in [0.25, 0.3) is 33.6 Å². The van der Waals surface area contributed by atoms with Gasteiger partial charge >= 0.3 is 6.09 Å². The molecular weight excluding hydrogens is 777 g/mol. The van der Waals surface area contributed by atoms with Crippen LogP contribution in [0.5, 0.6) is 0 Å². The lowest BCUT2D eigenvalue weighted by molar-refractivity contribution is -0.138. The Hall–Kier alpha value is -6.53. The van der Waals surface area contributed by atoms with E-state index in [1.807, 2.05) is 70.7 Å². The summed E-state index contributed by atoms with van der Waals surface area (Å²) >= 11 is 0. The van der Waals surface area contributed by atoms with Crippen LogP contribution in [0, 0.1) is 0 Å². The molecule has 4 aromatic carbocycles. The molecule has 320 valence electrons. The van der Waals surface area contributed by atoms with Crippen molar-refractivity contribution in [3.05, 3.63) is 144 Å². The van der Waals surface area contributed by atoms with Gasteiger partial charge in [0.05, 0.1) is 42.3 Å². The molecule has 12 nitrogen and oxygen atoms in total. The van der Waals surface area contributed by atoms with Crippen molar-refractivity contribution >= 4 is 17.9 Å². The fourth-order valence-electron chi connectivity index (χ4n) is 9.37. The van der Waals surface area contributed by atoms with Crippen LogP contribution in [0.1, 0.15) is 93.8 Å². The number of nitrogens with zero attached hydrogens (tertiary/aromatic N) is 5. The first-order valence-electron chi connectivity index (χ1n) is 21.9. The third kappa shape index (κ3) is 9.20. The van der Waals surface area contributed by atoms with Crippen LogP contribution in [0.2, 0.25) is 0 Å². The number of aromatic nitrogens is 4. The van der Waals surface area contributed by atoms with Crippen molar-refractivity contribution in [3.63, 3.8) is 0 Å². The van der Waals surface area contributed by atoms with Gasteiger partial charge in [0.1, 0.15) is 23.3 Å². The monoisotopic (exact) mass is 832 g/mol. The smallest absolute Gasteiger partial charge is 0.405 e. The van der Waals surface area contributed by atoms with Crippen molar-refractivity contribution in [2.45, 2.75) is 83.0 Å². The van der Waals surface area contributed by atoms with Gasteiger partial charge in [-0.25, -0.2) is 14.8 Å². The van der Waals surface area contributed by atoms with Gasteiger partial charge in [-0.05, 0) is 79.1 Å². The molecule has 2 aliphatic heterocycles. The number of benzene rings is 4. The number of H-pyrrole nitrogens is 2. The van der Waals surface area contributed by atoms with Gasteiger partial charge in [0.25, 0.3) is 0 Å². The number of primary amides is 1. The molecule has 2 fully saturated rings. The minimum atomic E-state index is -1.09. The Bertz CT molecular complexity index is 2450. The zero-order chi connectivity index (χ0) is 43.2. The number of likely N-dealkylation sites (N-methyl/N-ethyl adjacent to an activating group) is 1. The van der Waals surface area contributed by atoms with E-state index in [-0.39, 0.29) is 36.4 Å². The first-order chi connectivity index (χ1) is 30.1. The van der Waals surface area contributed by atoms with Crippen LogP contribution in [0.4, 0.5) is 4.79 Å². The summed E-state index contributed by atoms with van der Waals surface area (Å²) in [4.78, 5) is 62.6. The predicted molar refractivity (Wildman–Crippen MR) is 240 cm³/mol. The predicted octanol–water partition coefficient (Wildman–Crippen LogP) is 9.03. The second-order valence-corrected chi connectivity index (χ2v) is 16.7. The Morgan fingerprint density at radius 2 is 1.21 bits per heavy atom. The highest BCUT2D eigenvalue weighted by molar-refractivity contribution is 5.84. The van der Waals surface area contributed by atoms with Gasteiger partial charge in [0.2, 0.25) is 11.8 Å². The van der Waals surface area contributed by atoms with E-state index in [0.29, 0.717) is 19.5 Å². The highest BCUT2D eigenvalue weighted by Crippen LogP contribution is 2.37. The SMILES string of the molecule is CCN(CC)[C@@H](C(=O)N1CCC[C@H]1c1ncc(-c2ccc(-c3ccc(-c4cnc([C@@H]5CCCN5C(=O)C[C@](C)(Cc5ccccc5)OC(N)=O)[nH]4)cc3)cc2)[nH]1)c1ccccc1. The van der Waals surface area contributed by atoms with Gasteiger partial charge < -0.3 is 30.2 Å². The van der Waals surface area contributed by atoms with E-state index in [4.69, 9.17) is 20.4 Å². The van der Waals surface area contributed by atoms with Crippen molar-refractivity contribution in [2.75, 3.05) is 26.2 Å². The molecule has 3 amide bonds. The van der Waals surface area contributed by atoms with Crippen LogP contribution in [-0.2, 0) is 20.7 Å². The number of ether oxygens (including phenoxy) is 1. The van der Waals surface area contributed by atoms with E-state index in [2.05, 4.69) is 89.4 Å². The lowest BCUT2D eigenvalue weighted by Gasteiger charge is -2.34. The van der Waals surface area contributed by atoms with Crippen molar-refractivity contribution in [2.24, 2.45) is 5.73 Å². The molecule has 0 aliphatic carbocycles. The van der Waals surface area contributed by atoms with Crippen molar-refractivity contribution in [3.8, 4) is 33.6 Å². The fraction of sp³-hybridized carbons (Fsp3) is 0.340. The minimum absolute atomic E-state index is 0.00892. The molecule has 12 heteroatoms. The number of aromatic amines is 2. The van der Waals surface area contributed by atoms with E-state index in [1.165, 1.54) is 0 Å². The highest BCUT2D eigenvalue weighted by Gasteiger charge is 2.39. The minimum Gasteiger partial charge on any atom is -0.442 e. The lowest BCUT2D eigenvalue weighted by atomic mass is 9.92. The number of rotatable bonds is 15. The molecule has 0 bridgehead atoms. The number of nitrogens with one attached hydrogen (secondary N) is 2.